The van der Waals surface area contributed by atoms with E-state index < -0.39 is 0 Å². The highest BCUT2D eigenvalue weighted by Crippen LogP contribution is 2.31. The van der Waals surface area contributed by atoms with Gasteiger partial charge in [0.2, 0.25) is 5.13 Å². The third-order valence-electron chi connectivity index (χ3n) is 2.12. The summed E-state index contributed by atoms with van der Waals surface area (Å²) in [4.78, 5) is 0. The van der Waals surface area contributed by atoms with Crippen LogP contribution in [0.4, 0.5) is 5.13 Å². The molecule has 90 valence electrons. The van der Waals surface area contributed by atoms with Gasteiger partial charge in [-0.15, -0.1) is 10.2 Å². The molecule has 1 aromatic carbocycles. The fourth-order valence-corrected chi connectivity index (χ4v) is 2.34. The van der Waals surface area contributed by atoms with Crippen LogP contribution in [0, 0.1) is 0 Å². The van der Waals surface area contributed by atoms with Gasteiger partial charge in [-0.3, -0.25) is 0 Å². The predicted molar refractivity (Wildman–Crippen MR) is 74.1 cm³/mol. The first-order chi connectivity index (χ1) is 8.20. The molecule has 2 aromatic rings. The Morgan fingerprint density at radius 3 is 2.76 bits per heavy atom. The largest absolute Gasteiger partial charge is 0.360 e. The highest BCUT2D eigenvalue weighted by Gasteiger charge is 2.07. The Morgan fingerprint density at radius 1 is 1.24 bits per heavy atom. The molecular formula is C11H11Cl2N3S. The summed E-state index contributed by atoms with van der Waals surface area (Å²) in [6, 6.07) is 5.45. The Kier molecular flexibility index (Phi) is 4.20. The van der Waals surface area contributed by atoms with Crippen molar-refractivity contribution in [3.8, 4) is 10.6 Å². The second kappa shape index (κ2) is 5.67. The van der Waals surface area contributed by atoms with Crippen molar-refractivity contribution in [2.45, 2.75) is 13.3 Å². The van der Waals surface area contributed by atoms with Gasteiger partial charge in [-0.25, -0.2) is 0 Å². The summed E-state index contributed by atoms with van der Waals surface area (Å²) in [5.41, 5.74) is 0.932. The smallest absolute Gasteiger partial charge is 0.206 e. The zero-order valence-corrected chi connectivity index (χ0v) is 11.5. The number of anilines is 1. The van der Waals surface area contributed by atoms with Crippen molar-refractivity contribution in [2.24, 2.45) is 0 Å². The highest BCUT2D eigenvalue weighted by atomic mass is 35.5. The van der Waals surface area contributed by atoms with E-state index in [-0.39, 0.29) is 0 Å². The van der Waals surface area contributed by atoms with Crippen LogP contribution < -0.4 is 5.32 Å². The van der Waals surface area contributed by atoms with E-state index in [1.54, 1.807) is 12.1 Å². The molecule has 0 atom stereocenters. The van der Waals surface area contributed by atoms with Gasteiger partial charge in [0.15, 0.2) is 0 Å². The van der Waals surface area contributed by atoms with Crippen LogP contribution in [0.15, 0.2) is 18.2 Å². The molecule has 0 saturated heterocycles. The molecule has 0 aliphatic rings. The molecule has 0 bridgehead atoms. The molecule has 0 spiro atoms. The number of hydrogen-bond donors (Lipinski definition) is 1. The maximum atomic E-state index is 5.96. The molecule has 0 unspecified atom stereocenters. The standard InChI is InChI=1S/C11H11Cl2N3S/c1-2-5-14-11-16-15-10(17-11)7-3-4-8(12)9(13)6-7/h3-4,6H,2,5H2,1H3,(H,14,16). The van der Waals surface area contributed by atoms with E-state index in [2.05, 4.69) is 22.4 Å². The maximum Gasteiger partial charge on any atom is 0.206 e. The van der Waals surface area contributed by atoms with Crippen LogP contribution in [-0.2, 0) is 0 Å². The van der Waals surface area contributed by atoms with Crippen LogP contribution in [-0.4, -0.2) is 16.7 Å². The van der Waals surface area contributed by atoms with Crippen LogP contribution in [0.25, 0.3) is 10.6 Å². The molecule has 0 amide bonds. The van der Waals surface area contributed by atoms with Gasteiger partial charge in [-0.2, -0.15) is 0 Å². The fraction of sp³-hybridized carbons (Fsp3) is 0.273. The monoisotopic (exact) mass is 287 g/mol. The molecule has 0 aliphatic heterocycles. The molecule has 0 saturated carbocycles. The van der Waals surface area contributed by atoms with Gasteiger partial charge in [0.05, 0.1) is 10.0 Å². The van der Waals surface area contributed by atoms with Gasteiger partial charge in [0, 0.05) is 12.1 Å². The lowest BCUT2D eigenvalue weighted by atomic mass is 10.2. The number of rotatable bonds is 4. The summed E-state index contributed by atoms with van der Waals surface area (Å²) < 4.78 is 0. The zero-order valence-electron chi connectivity index (χ0n) is 9.20. The SMILES string of the molecule is CCCNc1nnc(-c2ccc(Cl)c(Cl)c2)s1. The lowest BCUT2D eigenvalue weighted by molar-refractivity contribution is 0.964. The zero-order chi connectivity index (χ0) is 12.3. The molecule has 6 heteroatoms. The van der Waals surface area contributed by atoms with Crippen LogP contribution in [0.3, 0.4) is 0 Å². The van der Waals surface area contributed by atoms with Gasteiger partial charge in [0.1, 0.15) is 5.01 Å². The number of hydrogen-bond acceptors (Lipinski definition) is 4. The fourth-order valence-electron chi connectivity index (χ4n) is 1.27. The third-order valence-corrected chi connectivity index (χ3v) is 3.79. The molecule has 2 rings (SSSR count). The van der Waals surface area contributed by atoms with Crippen molar-refractivity contribution in [2.75, 3.05) is 11.9 Å². The van der Waals surface area contributed by atoms with E-state index >= 15 is 0 Å². The Hall–Kier alpha value is -0.840. The minimum absolute atomic E-state index is 0.530. The molecule has 17 heavy (non-hydrogen) atoms. The van der Waals surface area contributed by atoms with E-state index in [0.717, 1.165) is 28.7 Å². The molecule has 0 radical (unpaired) electrons. The van der Waals surface area contributed by atoms with Gasteiger partial charge in [-0.1, -0.05) is 47.5 Å². The molecule has 0 fully saturated rings. The van der Waals surface area contributed by atoms with E-state index in [9.17, 15) is 0 Å². The Labute approximate surface area is 114 Å². The first kappa shape index (κ1) is 12.6. The molecule has 3 nitrogen and oxygen atoms in total. The lowest BCUT2D eigenvalue weighted by Crippen LogP contribution is -1.98. The van der Waals surface area contributed by atoms with Crippen LogP contribution in [0.1, 0.15) is 13.3 Å². The van der Waals surface area contributed by atoms with Crippen molar-refractivity contribution in [3.63, 3.8) is 0 Å². The minimum atomic E-state index is 0.530. The lowest BCUT2D eigenvalue weighted by Gasteiger charge is -1.98. The summed E-state index contributed by atoms with van der Waals surface area (Å²) in [5.74, 6) is 0. The van der Waals surface area contributed by atoms with E-state index in [4.69, 9.17) is 23.2 Å². The minimum Gasteiger partial charge on any atom is -0.360 e. The van der Waals surface area contributed by atoms with Crippen molar-refractivity contribution in [1.29, 1.82) is 0 Å². The molecule has 1 heterocycles. The third kappa shape index (κ3) is 3.09. The number of nitrogens with zero attached hydrogens (tertiary/aromatic N) is 2. The average molecular weight is 288 g/mol. The number of halogens is 2. The topological polar surface area (TPSA) is 37.8 Å². The summed E-state index contributed by atoms with van der Waals surface area (Å²) >= 11 is 13.3. The number of benzene rings is 1. The summed E-state index contributed by atoms with van der Waals surface area (Å²) in [6.07, 6.45) is 1.06. The van der Waals surface area contributed by atoms with Crippen LogP contribution in [0.2, 0.25) is 10.0 Å². The second-order valence-electron chi connectivity index (χ2n) is 3.47. The van der Waals surface area contributed by atoms with E-state index in [1.165, 1.54) is 11.3 Å². The first-order valence-corrected chi connectivity index (χ1v) is 6.80. The summed E-state index contributed by atoms with van der Waals surface area (Å²) in [7, 11) is 0. The first-order valence-electron chi connectivity index (χ1n) is 5.23. The predicted octanol–water partition coefficient (Wildman–Crippen LogP) is 4.33. The summed E-state index contributed by atoms with van der Waals surface area (Å²) in [5, 5.41) is 14.1. The van der Waals surface area contributed by atoms with Crippen molar-refractivity contribution >= 4 is 39.7 Å². The Bertz CT molecular complexity index is 513. The highest BCUT2D eigenvalue weighted by molar-refractivity contribution is 7.18. The Balaban J connectivity index is 2.21. The van der Waals surface area contributed by atoms with Gasteiger partial charge in [-0.05, 0) is 18.6 Å². The summed E-state index contributed by atoms with van der Waals surface area (Å²) in [6.45, 7) is 3.00. The van der Waals surface area contributed by atoms with Gasteiger partial charge in [0.25, 0.3) is 0 Å². The molecular weight excluding hydrogens is 277 g/mol. The molecule has 1 N–H and O–H groups in total. The van der Waals surface area contributed by atoms with Crippen LogP contribution in [0.5, 0.6) is 0 Å². The normalized spacial score (nSPS) is 10.5. The van der Waals surface area contributed by atoms with E-state index in [0.29, 0.717) is 10.0 Å². The Morgan fingerprint density at radius 2 is 2.06 bits per heavy atom. The van der Waals surface area contributed by atoms with Crippen LogP contribution >= 0.6 is 34.5 Å². The van der Waals surface area contributed by atoms with Gasteiger partial charge >= 0.3 is 0 Å². The van der Waals surface area contributed by atoms with Gasteiger partial charge < -0.3 is 5.32 Å². The molecule has 0 aliphatic carbocycles. The number of aromatic nitrogens is 2. The van der Waals surface area contributed by atoms with Crippen molar-refractivity contribution in [3.05, 3.63) is 28.2 Å². The van der Waals surface area contributed by atoms with Crippen molar-refractivity contribution < 1.29 is 0 Å². The van der Waals surface area contributed by atoms with Crippen molar-refractivity contribution in [1.82, 2.24) is 10.2 Å². The van der Waals surface area contributed by atoms with E-state index in [1.807, 2.05) is 6.07 Å². The molecule has 1 aromatic heterocycles. The average Bonchev–Trinajstić information content (AvgIpc) is 2.79. The quantitative estimate of drug-likeness (QED) is 0.909. The number of nitrogens with one attached hydrogen (secondary N) is 1. The second-order valence-corrected chi connectivity index (χ2v) is 5.26. The maximum absolute atomic E-state index is 5.96.